The van der Waals surface area contributed by atoms with E-state index in [9.17, 15) is 0 Å². The van der Waals surface area contributed by atoms with Crippen LogP contribution < -0.4 is 9.47 Å². The Kier molecular flexibility index (Phi) is 5.49. The smallest absolute Gasteiger partial charge is 0.192 e. The molecule has 0 spiro atoms. The third kappa shape index (κ3) is 3.84. The molecule has 1 aliphatic carbocycles. The van der Waals surface area contributed by atoms with Crippen LogP contribution in [0.25, 0.3) is 21.3 Å². The van der Waals surface area contributed by atoms with Crippen LogP contribution in [0.4, 0.5) is 0 Å². The Hall–Kier alpha value is -2.36. The first kappa shape index (κ1) is 19.6. The highest BCUT2D eigenvalue weighted by atomic mass is 32.2. The molecule has 0 saturated heterocycles. The number of ether oxygens (including phenoxy) is 2. The van der Waals surface area contributed by atoms with Crippen molar-refractivity contribution in [1.29, 1.82) is 0 Å². The first-order valence-corrected chi connectivity index (χ1v) is 12.3. The largest absolute Gasteiger partial charge is 0.493 e. The summed E-state index contributed by atoms with van der Waals surface area (Å²) in [6.45, 7) is 0. The molecule has 0 radical (unpaired) electrons. The van der Waals surface area contributed by atoms with E-state index in [1.54, 1.807) is 48.7 Å². The van der Waals surface area contributed by atoms with Crippen molar-refractivity contribution in [1.82, 2.24) is 19.7 Å². The fourth-order valence-corrected chi connectivity index (χ4v) is 5.75. The van der Waals surface area contributed by atoms with E-state index in [0.717, 1.165) is 38.7 Å². The van der Waals surface area contributed by atoms with Gasteiger partial charge >= 0.3 is 0 Å². The van der Waals surface area contributed by atoms with Gasteiger partial charge in [0.05, 0.1) is 24.8 Å². The van der Waals surface area contributed by atoms with Crippen molar-refractivity contribution >= 4 is 34.4 Å². The van der Waals surface area contributed by atoms with Gasteiger partial charge in [-0.2, -0.15) is 0 Å². The van der Waals surface area contributed by atoms with Gasteiger partial charge in [0.2, 0.25) is 0 Å². The number of thioether (sulfide) groups is 1. The van der Waals surface area contributed by atoms with Crippen molar-refractivity contribution in [3.8, 4) is 32.8 Å². The molecule has 30 heavy (non-hydrogen) atoms. The summed E-state index contributed by atoms with van der Waals surface area (Å²) in [6, 6.07) is 10.6. The SMILES string of the molecule is COc1ccc(-c2nc(CSc3nnc(-c4cccs4)n3C3CC3)cs2)cc1OC. The molecule has 3 aromatic heterocycles. The molecular weight excluding hydrogens is 436 g/mol. The summed E-state index contributed by atoms with van der Waals surface area (Å²) >= 11 is 5.04. The molecule has 0 N–H and O–H groups in total. The quantitative estimate of drug-likeness (QED) is 0.314. The highest BCUT2D eigenvalue weighted by Gasteiger charge is 2.30. The normalized spacial score (nSPS) is 13.5. The molecule has 0 unspecified atom stereocenters. The van der Waals surface area contributed by atoms with Crippen molar-refractivity contribution in [2.24, 2.45) is 0 Å². The van der Waals surface area contributed by atoms with Gasteiger partial charge in [0.15, 0.2) is 22.5 Å². The van der Waals surface area contributed by atoms with Gasteiger partial charge in [0.25, 0.3) is 0 Å². The Morgan fingerprint density at radius 1 is 1.10 bits per heavy atom. The predicted octanol–water partition coefficient (Wildman–Crippen LogP) is 5.77. The van der Waals surface area contributed by atoms with Crippen LogP contribution in [0.15, 0.2) is 46.2 Å². The summed E-state index contributed by atoms with van der Waals surface area (Å²) in [4.78, 5) is 5.99. The zero-order valence-corrected chi connectivity index (χ0v) is 19.0. The second-order valence-corrected chi connectivity index (χ2v) is 9.64. The second kappa shape index (κ2) is 8.41. The van der Waals surface area contributed by atoms with Gasteiger partial charge in [-0.3, -0.25) is 4.57 Å². The van der Waals surface area contributed by atoms with E-state index >= 15 is 0 Å². The number of hydrogen-bond acceptors (Lipinski definition) is 8. The third-order valence-corrected chi connectivity index (χ3v) is 7.63. The molecule has 0 amide bonds. The van der Waals surface area contributed by atoms with Gasteiger partial charge in [-0.05, 0) is 42.5 Å². The van der Waals surface area contributed by atoms with Crippen molar-refractivity contribution < 1.29 is 9.47 Å². The molecule has 1 aliphatic rings. The van der Waals surface area contributed by atoms with Crippen LogP contribution in [0.5, 0.6) is 11.5 Å². The Morgan fingerprint density at radius 2 is 1.97 bits per heavy atom. The van der Waals surface area contributed by atoms with Crippen molar-refractivity contribution in [3.63, 3.8) is 0 Å². The average molecular weight is 457 g/mol. The molecule has 1 aromatic carbocycles. The molecule has 3 heterocycles. The molecule has 1 saturated carbocycles. The lowest BCUT2D eigenvalue weighted by Gasteiger charge is -2.08. The molecule has 0 bridgehead atoms. The number of hydrogen-bond donors (Lipinski definition) is 0. The first-order chi connectivity index (χ1) is 14.8. The number of aromatic nitrogens is 4. The second-order valence-electron chi connectivity index (χ2n) is 6.89. The van der Waals surface area contributed by atoms with Crippen LogP contribution in [0.2, 0.25) is 0 Å². The van der Waals surface area contributed by atoms with E-state index < -0.39 is 0 Å². The summed E-state index contributed by atoms with van der Waals surface area (Å²) in [5.41, 5.74) is 2.06. The standard InChI is InChI=1S/C21H20N4O2S3/c1-26-16-8-5-13(10-17(16)27-2)20-22-14(11-29-20)12-30-21-24-23-19(18-4-3-9-28-18)25(21)15-6-7-15/h3-5,8-11,15H,6-7,12H2,1-2H3. The van der Waals surface area contributed by atoms with Crippen LogP contribution in [-0.4, -0.2) is 34.0 Å². The van der Waals surface area contributed by atoms with Crippen LogP contribution >= 0.6 is 34.4 Å². The van der Waals surface area contributed by atoms with Gasteiger partial charge in [-0.1, -0.05) is 17.8 Å². The zero-order chi connectivity index (χ0) is 20.5. The lowest BCUT2D eigenvalue weighted by atomic mass is 10.2. The molecule has 154 valence electrons. The molecular formula is C21H20N4O2S3. The summed E-state index contributed by atoms with van der Waals surface area (Å²) in [6.07, 6.45) is 2.40. The minimum Gasteiger partial charge on any atom is -0.493 e. The minimum atomic E-state index is 0.525. The monoisotopic (exact) mass is 456 g/mol. The van der Waals surface area contributed by atoms with E-state index in [-0.39, 0.29) is 0 Å². The maximum Gasteiger partial charge on any atom is 0.192 e. The van der Waals surface area contributed by atoms with Gasteiger partial charge < -0.3 is 9.47 Å². The highest BCUT2D eigenvalue weighted by molar-refractivity contribution is 7.98. The summed E-state index contributed by atoms with van der Waals surface area (Å²) in [5, 5.41) is 15.1. The molecule has 5 rings (SSSR count). The topological polar surface area (TPSA) is 62.1 Å². The van der Waals surface area contributed by atoms with Gasteiger partial charge in [-0.25, -0.2) is 4.98 Å². The minimum absolute atomic E-state index is 0.525. The summed E-state index contributed by atoms with van der Waals surface area (Å²) in [7, 11) is 3.28. The maximum absolute atomic E-state index is 5.42. The number of methoxy groups -OCH3 is 2. The fourth-order valence-electron chi connectivity index (χ4n) is 3.22. The Morgan fingerprint density at radius 3 is 2.70 bits per heavy atom. The number of benzene rings is 1. The van der Waals surface area contributed by atoms with E-state index in [1.165, 1.54) is 17.7 Å². The van der Waals surface area contributed by atoms with E-state index in [4.69, 9.17) is 14.5 Å². The van der Waals surface area contributed by atoms with Gasteiger partial charge in [-0.15, -0.1) is 32.9 Å². The third-order valence-electron chi connectivity index (χ3n) is 4.85. The fraction of sp³-hybridized carbons (Fsp3) is 0.286. The summed E-state index contributed by atoms with van der Waals surface area (Å²) < 4.78 is 13.0. The van der Waals surface area contributed by atoms with Crippen LogP contribution in [-0.2, 0) is 5.75 Å². The van der Waals surface area contributed by atoms with Crippen LogP contribution in [0.1, 0.15) is 24.6 Å². The average Bonchev–Trinajstić information content (AvgIpc) is 3.18. The van der Waals surface area contributed by atoms with Gasteiger partial charge in [0.1, 0.15) is 5.01 Å². The number of nitrogens with zero attached hydrogens (tertiary/aromatic N) is 4. The van der Waals surface area contributed by atoms with Crippen LogP contribution in [0.3, 0.4) is 0 Å². The highest BCUT2D eigenvalue weighted by Crippen LogP contribution is 2.42. The Balaban J connectivity index is 1.33. The van der Waals surface area contributed by atoms with Crippen molar-refractivity contribution in [3.05, 3.63) is 46.8 Å². The molecule has 6 nitrogen and oxygen atoms in total. The zero-order valence-electron chi connectivity index (χ0n) is 16.6. The van der Waals surface area contributed by atoms with Gasteiger partial charge in [0, 0.05) is 22.7 Å². The summed E-state index contributed by atoms with van der Waals surface area (Å²) in [5.74, 6) is 3.17. The predicted molar refractivity (Wildman–Crippen MR) is 122 cm³/mol. The van der Waals surface area contributed by atoms with E-state index in [2.05, 4.69) is 37.7 Å². The molecule has 9 heteroatoms. The van der Waals surface area contributed by atoms with E-state index in [0.29, 0.717) is 11.8 Å². The number of thiazole rings is 1. The molecule has 0 aliphatic heterocycles. The van der Waals surface area contributed by atoms with E-state index in [1.807, 2.05) is 18.2 Å². The number of rotatable bonds is 8. The molecule has 1 fully saturated rings. The first-order valence-electron chi connectivity index (χ1n) is 9.55. The Bertz CT molecular complexity index is 1150. The van der Waals surface area contributed by atoms with Crippen molar-refractivity contribution in [2.45, 2.75) is 29.8 Å². The molecule has 0 atom stereocenters. The number of thiophene rings is 1. The van der Waals surface area contributed by atoms with Crippen LogP contribution in [0, 0.1) is 0 Å². The lowest BCUT2D eigenvalue weighted by Crippen LogP contribution is -1.99. The lowest BCUT2D eigenvalue weighted by molar-refractivity contribution is 0.355. The molecule has 4 aromatic rings. The maximum atomic E-state index is 5.42. The Labute approximate surface area is 186 Å². The van der Waals surface area contributed by atoms with Crippen molar-refractivity contribution in [2.75, 3.05) is 14.2 Å².